The van der Waals surface area contributed by atoms with E-state index in [-0.39, 0.29) is 16.9 Å². The molecular weight excluding hydrogens is 278 g/mol. The van der Waals surface area contributed by atoms with Crippen molar-refractivity contribution in [3.8, 4) is 0 Å². The number of nitrogen functional groups attached to an aromatic ring is 1. The summed E-state index contributed by atoms with van der Waals surface area (Å²) in [5.41, 5.74) is 2.27. The summed E-state index contributed by atoms with van der Waals surface area (Å²) < 4.78 is 26.8. The molecular formula is C12H23N5O2S. The molecule has 0 aliphatic rings. The van der Waals surface area contributed by atoms with Gasteiger partial charge in [0, 0.05) is 12.6 Å². The number of hydrazine groups is 1. The van der Waals surface area contributed by atoms with Gasteiger partial charge in [-0.2, -0.15) is 4.31 Å². The van der Waals surface area contributed by atoms with E-state index in [2.05, 4.69) is 15.4 Å². The van der Waals surface area contributed by atoms with Crippen molar-refractivity contribution in [2.45, 2.75) is 51.0 Å². The third kappa shape index (κ3) is 3.87. The molecule has 0 amide bonds. The maximum atomic E-state index is 12.6. The average Bonchev–Trinajstić information content (AvgIpc) is 2.47. The standard InChI is InChI=1S/C12H23N5O2S/c1-4-6-7-17(10(3)5-2)20(18,19)11-8-14-12(16-13)15-9-11/h8-10H,4-7,13H2,1-3H3,(H,14,15,16). The summed E-state index contributed by atoms with van der Waals surface area (Å²) in [5, 5.41) is 0. The maximum Gasteiger partial charge on any atom is 0.246 e. The number of hydrogen-bond donors (Lipinski definition) is 2. The van der Waals surface area contributed by atoms with Gasteiger partial charge in [-0.1, -0.05) is 20.3 Å². The van der Waals surface area contributed by atoms with Gasteiger partial charge in [0.15, 0.2) is 0 Å². The second-order valence-electron chi connectivity index (χ2n) is 4.61. The van der Waals surface area contributed by atoms with Crippen molar-refractivity contribution in [1.29, 1.82) is 0 Å². The van der Waals surface area contributed by atoms with Crippen molar-refractivity contribution in [1.82, 2.24) is 14.3 Å². The SMILES string of the molecule is CCCCN(C(C)CC)S(=O)(=O)c1cnc(NN)nc1. The van der Waals surface area contributed by atoms with E-state index in [4.69, 9.17) is 5.84 Å². The van der Waals surface area contributed by atoms with E-state index >= 15 is 0 Å². The minimum atomic E-state index is -3.57. The van der Waals surface area contributed by atoms with Crippen molar-refractivity contribution >= 4 is 16.0 Å². The van der Waals surface area contributed by atoms with Crippen molar-refractivity contribution in [2.24, 2.45) is 5.84 Å². The van der Waals surface area contributed by atoms with Gasteiger partial charge in [0.1, 0.15) is 4.90 Å². The summed E-state index contributed by atoms with van der Waals surface area (Å²) in [5.74, 6) is 5.36. The lowest BCUT2D eigenvalue weighted by Crippen LogP contribution is -2.39. The average molecular weight is 301 g/mol. The Kier molecular flexibility index (Phi) is 6.31. The van der Waals surface area contributed by atoms with Crippen LogP contribution in [0.3, 0.4) is 0 Å². The van der Waals surface area contributed by atoms with Crippen LogP contribution in [0.25, 0.3) is 0 Å². The number of unbranched alkanes of at least 4 members (excludes halogenated alkanes) is 1. The summed E-state index contributed by atoms with van der Waals surface area (Å²) in [7, 11) is -3.57. The Hall–Kier alpha value is -1.25. The van der Waals surface area contributed by atoms with Gasteiger partial charge in [-0.15, -0.1) is 0 Å². The molecule has 8 heteroatoms. The summed E-state index contributed by atoms with van der Waals surface area (Å²) in [6.07, 6.45) is 5.08. The molecule has 7 nitrogen and oxygen atoms in total. The van der Waals surface area contributed by atoms with Crippen LogP contribution in [0.2, 0.25) is 0 Å². The minimum absolute atomic E-state index is 0.0566. The topological polar surface area (TPSA) is 101 Å². The van der Waals surface area contributed by atoms with E-state index in [1.807, 2.05) is 20.8 Å². The molecule has 0 bridgehead atoms. The van der Waals surface area contributed by atoms with Crippen LogP contribution in [0.15, 0.2) is 17.3 Å². The molecule has 1 heterocycles. The van der Waals surface area contributed by atoms with E-state index in [1.165, 1.54) is 16.7 Å². The normalized spacial score (nSPS) is 13.4. The van der Waals surface area contributed by atoms with E-state index in [0.29, 0.717) is 6.54 Å². The highest BCUT2D eigenvalue weighted by Crippen LogP contribution is 2.19. The molecule has 3 N–H and O–H groups in total. The zero-order valence-electron chi connectivity index (χ0n) is 12.2. The molecule has 0 radical (unpaired) electrons. The molecule has 0 aromatic carbocycles. The molecule has 0 fully saturated rings. The Labute approximate surface area is 120 Å². The second kappa shape index (κ2) is 7.51. The molecule has 1 rings (SSSR count). The highest BCUT2D eigenvalue weighted by atomic mass is 32.2. The third-order valence-corrected chi connectivity index (χ3v) is 5.14. The molecule has 1 unspecified atom stereocenters. The Balaban J connectivity index is 3.07. The molecule has 1 aromatic rings. The third-order valence-electron chi connectivity index (χ3n) is 3.18. The lowest BCUT2D eigenvalue weighted by Gasteiger charge is -2.27. The summed E-state index contributed by atoms with van der Waals surface area (Å²) >= 11 is 0. The van der Waals surface area contributed by atoms with Gasteiger partial charge in [0.2, 0.25) is 16.0 Å². The van der Waals surface area contributed by atoms with Crippen molar-refractivity contribution in [3.05, 3.63) is 12.4 Å². The van der Waals surface area contributed by atoms with Crippen molar-refractivity contribution < 1.29 is 8.42 Å². The quantitative estimate of drug-likeness (QED) is 0.555. The van der Waals surface area contributed by atoms with Gasteiger partial charge in [-0.3, -0.25) is 5.43 Å². The van der Waals surface area contributed by atoms with Crippen LogP contribution in [0.1, 0.15) is 40.0 Å². The number of rotatable bonds is 8. The zero-order valence-corrected chi connectivity index (χ0v) is 13.0. The largest absolute Gasteiger partial charge is 0.292 e. The van der Waals surface area contributed by atoms with Gasteiger partial charge < -0.3 is 0 Å². The van der Waals surface area contributed by atoms with Crippen molar-refractivity contribution in [3.63, 3.8) is 0 Å². The Bertz CT molecular complexity index is 503. The number of nitrogens with zero attached hydrogens (tertiary/aromatic N) is 3. The fourth-order valence-corrected chi connectivity index (χ4v) is 3.39. The van der Waals surface area contributed by atoms with E-state index < -0.39 is 10.0 Å². The Morgan fingerprint density at radius 3 is 2.40 bits per heavy atom. The Morgan fingerprint density at radius 2 is 1.95 bits per heavy atom. The fourth-order valence-electron chi connectivity index (χ4n) is 1.75. The predicted molar refractivity (Wildman–Crippen MR) is 78.4 cm³/mol. The molecule has 20 heavy (non-hydrogen) atoms. The molecule has 0 saturated carbocycles. The summed E-state index contributed by atoms with van der Waals surface area (Å²) in [6.45, 7) is 6.41. The molecule has 0 spiro atoms. The first-order valence-electron chi connectivity index (χ1n) is 6.77. The van der Waals surface area contributed by atoms with Crippen molar-refractivity contribution in [2.75, 3.05) is 12.0 Å². The molecule has 0 aliphatic carbocycles. The maximum absolute atomic E-state index is 12.6. The van der Waals surface area contributed by atoms with Gasteiger partial charge in [-0.25, -0.2) is 24.2 Å². The lowest BCUT2D eigenvalue weighted by molar-refractivity contribution is 0.324. The van der Waals surface area contributed by atoms with Crippen LogP contribution < -0.4 is 11.3 Å². The first-order valence-corrected chi connectivity index (χ1v) is 8.21. The second-order valence-corrected chi connectivity index (χ2v) is 6.50. The van der Waals surface area contributed by atoms with Gasteiger partial charge >= 0.3 is 0 Å². The van der Waals surface area contributed by atoms with Crippen LogP contribution in [-0.2, 0) is 10.0 Å². The van der Waals surface area contributed by atoms with Gasteiger partial charge in [0.05, 0.1) is 12.4 Å². The van der Waals surface area contributed by atoms with E-state index in [9.17, 15) is 8.42 Å². The molecule has 0 saturated heterocycles. The first kappa shape index (κ1) is 16.8. The van der Waals surface area contributed by atoms with Crippen LogP contribution in [-0.4, -0.2) is 35.3 Å². The number of sulfonamides is 1. The van der Waals surface area contributed by atoms with E-state index in [1.54, 1.807) is 0 Å². The Morgan fingerprint density at radius 1 is 1.35 bits per heavy atom. The summed E-state index contributed by atoms with van der Waals surface area (Å²) in [4.78, 5) is 7.81. The summed E-state index contributed by atoms with van der Waals surface area (Å²) in [6, 6.07) is -0.0566. The first-order chi connectivity index (χ1) is 9.47. The highest BCUT2D eigenvalue weighted by molar-refractivity contribution is 7.89. The molecule has 114 valence electrons. The lowest BCUT2D eigenvalue weighted by atomic mass is 10.2. The van der Waals surface area contributed by atoms with Gasteiger partial charge in [0.25, 0.3) is 0 Å². The minimum Gasteiger partial charge on any atom is -0.292 e. The fraction of sp³-hybridized carbons (Fsp3) is 0.667. The van der Waals surface area contributed by atoms with E-state index in [0.717, 1.165) is 19.3 Å². The highest BCUT2D eigenvalue weighted by Gasteiger charge is 2.28. The monoisotopic (exact) mass is 301 g/mol. The number of nitrogens with one attached hydrogen (secondary N) is 1. The van der Waals surface area contributed by atoms with Crippen LogP contribution in [0.4, 0.5) is 5.95 Å². The number of aromatic nitrogens is 2. The van der Waals surface area contributed by atoms with Gasteiger partial charge in [-0.05, 0) is 19.8 Å². The van der Waals surface area contributed by atoms with Crippen LogP contribution >= 0.6 is 0 Å². The number of anilines is 1. The molecule has 0 aliphatic heterocycles. The number of nitrogens with two attached hydrogens (primary N) is 1. The zero-order chi connectivity index (χ0) is 15.2. The number of hydrogen-bond acceptors (Lipinski definition) is 6. The molecule has 1 aromatic heterocycles. The predicted octanol–water partition coefficient (Wildman–Crippen LogP) is 1.35. The smallest absolute Gasteiger partial charge is 0.246 e. The van der Waals surface area contributed by atoms with Crippen LogP contribution in [0.5, 0.6) is 0 Å². The van der Waals surface area contributed by atoms with Crippen LogP contribution in [0, 0.1) is 0 Å². The molecule has 1 atom stereocenters.